The van der Waals surface area contributed by atoms with E-state index in [0.29, 0.717) is 6.61 Å². The Kier molecular flexibility index (Phi) is 7.61. The van der Waals surface area contributed by atoms with E-state index in [4.69, 9.17) is 9.47 Å². The van der Waals surface area contributed by atoms with Crippen molar-refractivity contribution >= 4 is 11.8 Å². The summed E-state index contributed by atoms with van der Waals surface area (Å²) < 4.78 is 10.5. The summed E-state index contributed by atoms with van der Waals surface area (Å²) in [6, 6.07) is 7.71. The van der Waals surface area contributed by atoms with Crippen molar-refractivity contribution in [3.05, 3.63) is 29.8 Å². The molecule has 1 aromatic rings. The second kappa shape index (κ2) is 9.00. The highest BCUT2D eigenvalue weighted by atomic mass is 32.2. The average Bonchev–Trinajstić information content (AvgIpc) is 2.44. The summed E-state index contributed by atoms with van der Waals surface area (Å²) >= 11 is 1.67. The van der Waals surface area contributed by atoms with Crippen LogP contribution in [0.2, 0.25) is 0 Å². The third-order valence-electron chi connectivity index (χ3n) is 2.46. The van der Waals surface area contributed by atoms with Gasteiger partial charge in [0.15, 0.2) is 6.29 Å². The quantitative estimate of drug-likeness (QED) is 0.494. The van der Waals surface area contributed by atoms with E-state index in [1.807, 2.05) is 44.4 Å². The minimum absolute atomic E-state index is 0.251. The fourth-order valence-electron chi connectivity index (χ4n) is 1.45. The van der Waals surface area contributed by atoms with Crippen LogP contribution in [0.5, 0.6) is 0 Å². The maximum atomic E-state index is 9.89. The van der Waals surface area contributed by atoms with E-state index in [-0.39, 0.29) is 12.9 Å². The number of aliphatic hydroxyl groups excluding tert-OH is 1. The summed E-state index contributed by atoms with van der Waals surface area (Å²) in [6.07, 6.45) is 0.974. The van der Waals surface area contributed by atoms with Gasteiger partial charge in [0.1, 0.15) is 12.7 Å². The topological polar surface area (TPSA) is 38.7 Å². The molecular weight excluding hydrogens is 260 g/mol. The smallest absolute Gasteiger partial charge is 0.156 e. The molecule has 0 aromatic heterocycles. The lowest BCUT2D eigenvalue weighted by Gasteiger charge is -2.09. The zero-order valence-corrected chi connectivity index (χ0v) is 12.4. The van der Waals surface area contributed by atoms with Gasteiger partial charge in [-0.05, 0) is 37.8 Å². The van der Waals surface area contributed by atoms with Crippen molar-refractivity contribution in [1.82, 2.24) is 0 Å². The van der Waals surface area contributed by atoms with Gasteiger partial charge in [-0.25, -0.2) is 0 Å². The molecule has 0 saturated carbocycles. The molecule has 3 nitrogen and oxygen atoms in total. The fourth-order valence-corrected chi connectivity index (χ4v) is 1.86. The Morgan fingerprint density at radius 2 is 1.95 bits per heavy atom. The molecule has 1 N–H and O–H groups in total. The maximum Gasteiger partial charge on any atom is 0.156 e. The first-order valence-corrected chi connectivity index (χ1v) is 7.43. The molecule has 0 amide bonds. The minimum Gasteiger partial charge on any atom is -0.376 e. The highest BCUT2D eigenvalue weighted by Gasteiger charge is 2.03. The molecule has 0 aliphatic carbocycles. The van der Waals surface area contributed by atoms with Gasteiger partial charge in [-0.2, -0.15) is 0 Å². The molecule has 0 fully saturated rings. The first kappa shape index (κ1) is 16.1. The van der Waals surface area contributed by atoms with E-state index in [1.54, 1.807) is 11.8 Å². The average molecular weight is 280 g/mol. The lowest BCUT2D eigenvalue weighted by molar-refractivity contribution is -0.117. The van der Waals surface area contributed by atoms with Crippen LogP contribution in [0.1, 0.15) is 25.5 Å². The monoisotopic (exact) mass is 280 g/mol. The van der Waals surface area contributed by atoms with Crippen LogP contribution in [0.3, 0.4) is 0 Å². The molecule has 1 aromatic carbocycles. The largest absolute Gasteiger partial charge is 0.376 e. The number of rotatable bonds is 6. The van der Waals surface area contributed by atoms with Gasteiger partial charge in [0.25, 0.3) is 0 Å². The number of hydrogen-bond donors (Lipinski definition) is 1. The normalized spacial score (nSPS) is 13.5. The summed E-state index contributed by atoms with van der Waals surface area (Å²) in [4.78, 5) is 1.16. The third kappa shape index (κ3) is 6.13. The predicted molar refractivity (Wildman–Crippen MR) is 78.0 cm³/mol. The number of aliphatic hydroxyl groups is 1. The van der Waals surface area contributed by atoms with Crippen LogP contribution in [-0.2, 0) is 9.47 Å². The first-order chi connectivity index (χ1) is 9.17. The Balaban J connectivity index is 2.43. The lowest BCUT2D eigenvalue weighted by Crippen LogP contribution is -2.12. The number of thioether (sulfide) groups is 1. The zero-order chi connectivity index (χ0) is 14.1. The van der Waals surface area contributed by atoms with Crippen molar-refractivity contribution in [3.63, 3.8) is 0 Å². The summed E-state index contributed by atoms with van der Waals surface area (Å²) in [7, 11) is 0. The Bertz CT molecular complexity index is 419. The molecule has 0 radical (unpaired) electrons. The maximum absolute atomic E-state index is 9.89. The molecule has 0 bridgehead atoms. The Labute approximate surface area is 119 Å². The number of hydrogen-bond acceptors (Lipinski definition) is 4. The summed E-state index contributed by atoms with van der Waals surface area (Å²) in [5.74, 6) is 5.55. The number of ether oxygens (including phenoxy) is 2. The van der Waals surface area contributed by atoms with Gasteiger partial charge in [0, 0.05) is 11.5 Å². The second-order valence-corrected chi connectivity index (χ2v) is 4.71. The van der Waals surface area contributed by atoms with Crippen molar-refractivity contribution in [1.29, 1.82) is 0 Å². The van der Waals surface area contributed by atoms with Crippen molar-refractivity contribution in [2.45, 2.75) is 31.1 Å². The van der Waals surface area contributed by atoms with Gasteiger partial charge in [-0.15, -0.1) is 11.8 Å². The molecule has 2 unspecified atom stereocenters. The van der Waals surface area contributed by atoms with Gasteiger partial charge in [-0.1, -0.05) is 24.0 Å². The summed E-state index contributed by atoms with van der Waals surface area (Å²) in [6.45, 7) is 4.59. The minimum atomic E-state index is -0.776. The van der Waals surface area contributed by atoms with Gasteiger partial charge < -0.3 is 14.6 Å². The van der Waals surface area contributed by atoms with E-state index < -0.39 is 6.10 Å². The Morgan fingerprint density at radius 3 is 2.53 bits per heavy atom. The molecule has 19 heavy (non-hydrogen) atoms. The predicted octanol–water partition coefficient (Wildman–Crippen LogP) is 2.84. The molecule has 0 aliphatic heterocycles. The summed E-state index contributed by atoms with van der Waals surface area (Å²) in [5, 5.41) is 9.89. The SMILES string of the molecule is CCOC(C)OCC#CC(O)c1ccc(SC)cc1. The molecule has 1 rings (SSSR count). The molecule has 4 heteroatoms. The van der Waals surface area contributed by atoms with Gasteiger partial charge in [-0.3, -0.25) is 0 Å². The van der Waals surface area contributed by atoms with Crippen molar-refractivity contribution in [2.24, 2.45) is 0 Å². The van der Waals surface area contributed by atoms with Crippen LogP contribution in [0.4, 0.5) is 0 Å². The van der Waals surface area contributed by atoms with Crippen molar-refractivity contribution in [3.8, 4) is 11.8 Å². The fraction of sp³-hybridized carbons (Fsp3) is 0.467. The molecule has 104 valence electrons. The van der Waals surface area contributed by atoms with Crippen LogP contribution in [0.15, 0.2) is 29.2 Å². The lowest BCUT2D eigenvalue weighted by atomic mass is 10.1. The van der Waals surface area contributed by atoms with E-state index in [2.05, 4.69) is 11.8 Å². The van der Waals surface area contributed by atoms with E-state index in [0.717, 1.165) is 10.5 Å². The van der Waals surface area contributed by atoms with E-state index in [9.17, 15) is 5.11 Å². The third-order valence-corrected chi connectivity index (χ3v) is 3.21. The Hall–Kier alpha value is -0.990. The molecular formula is C15H20O3S. The van der Waals surface area contributed by atoms with Crippen LogP contribution in [0, 0.1) is 11.8 Å². The molecule has 0 saturated heterocycles. The molecule has 0 spiro atoms. The first-order valence-electron chi connectivity index (χ1n) is 6.21. The van der Waals surface area contributed by atoms with Crippen LogP contribution in [0.25, 0.3) is 0 Å². The van der Waals surface area contributed by atoms with Crippen LogP contribution >= 0.6 is 11.8 Å². The standard InChI is InChI=1S/C15H20O3S/c1-4-17-12(2)18-11-5-6-15(16)13-7-9-14(19-3)10-8-13/h7-10,12,15-16H,4,11H2,1-3H3. The van der Waals surface area contributed by atoms with Gasteiger partial charge in [0.2, 0.25) is 0 Å². The van der Waals surface area contributed by atoms with Crippen LogP contribution < -0.4 is 0 Å². The molecule has 0 aliphatic rings. The van der Waals surface area contributed by atoms with Gasteiger partial charge in [0.05, 0.1) is 0 Å². The van der Waals surface area contributed by atoms with Crippen LogP contribution in [-0.4, -0.2) is 30.9 Å². The van der Waals surface area contributed by atoms with Crippen molar-refractivity contribution in [2.75, 3.05) is 19.5 Å². The van der Waals surface area contributed by atoms with Crippen molar-refractivity contribution < 1.29 is 14.6 Å². The van der Waals surface area contributed by atoms with E-state index in [1.165, 1.54) is 0 Å². The van der Waals surface area contributed by atoms with Gasteiger partial charge >= 0.3 is 0 Å². The molecule has 2 atom stereocenters. The molecule has 0 heterocycles. The highest BCUT2D eigenvalue weighted by molar-refractivity contribution is 7.98. The zero-order valence-electron chi connectivity index (χ0n) is 11.6. The van der Waals surface area contributed by atoms with E-state index >= 15 is 0 Å². The number of benzene rings is 1. The Morgan fingerprint density at radius 1 is 1.26 bits per heavy atom. The second-order valence-electron chi connectivity index (χ2n) is 3.83. The summed E-state index contributed by atoms with van der Waals surface area (Å²) in [5.41, 5.74) is 0.795. The highest BCUT2D eigenvalue weighted by Crippen LogP contribution is 2.18.